The number of nitrogens with one attached hydrogen (secondary N) is 1. The molecule has 0 aromatic heterocycles. The van der Waals surface area contributed by atoms with Crippen molar-refractivity contribution in [2.75, 3.05) is 13.1 Å². The van der Waals surface area contributed by atoms with E-state index in [0.29, 0.717) is 19.5 Å². The summed E-state index contributed by atoms with van der Waals surface area (Å²) >= 11 is 0. The lowest BCUT2D eigenvalue weighted by molar-refractivity contribution is -0.122. The van der Waals surface area contributed by atoms with E-state index in [2.05, 4.69) is 38.2 Å². The summed E-state index contributed by atoms with van der Waals surface area (Å²) in [5, 5.41) is 3.02. The smallest absolute Gasteiger partial charge is 0.220 e. The number of aryl methyl sites for hydroxylation is 1. The van der Waals surface area contributed by atoms with Gasteiger partial charge in [0.05, 0.1) is 0 Å². The van der Waals surface area contributed by atoms with Gasteiger partial charge in [-0.3, -0.25) is 4.79 Å². The highest BCUT2D eigenvalue weighted by Gasteiger charge is 2.23. The molecule has 0 aliphatic rings. The Kier molecular flexibility index (Phi) is 5.55. The van der Waals surface area contributed by atoms with E-state index in [1.807, 2.05) is 19.1 Å². The van der Waals surface area contributed by atoms with Crippen LogP contribution in [-0.4, -0.2) is 19.0 Å². The molecule has 0 bridgehead atoms. The molecule has 3 N–H and O–H groups in total. The summed E-state index contributed by atoms with van der Waals surface area (Å²) in [6, 6.07) is 8.32. The molecular formula is C16H26N2O. The highest BCUT2D eigenvalue weighted by Crippen LogP contribution is 2.25. The topological polar surface area (TPSA) is 55.1 Å². The highest BCUT2D eigenvalue weighted by atomic mass is 16.1. The average Bonchev–Trinajstić information content (AvgIpc) is 2.36. The fraction of sp³-hybridized carbons (Fsp3) is 0.562. The van der Waals surface area contributed by atoms with Gasteiger partial charge in [-0.1, -0.05) is 45.0 Å². The van der Waals surface area contributed by atoms with Gasteiger partial charge in [0.25, 0.3) is 0 Å². The summed E-state index contributed by atoms with van der Waals surface area (Å²) in [6.45, 7) is 9.61. The maximum Gasteiger partial charge on any atom is 0.220 e. The van der Waals surface area contributed by atoms with E-state index >= 15 is 0 Å². The Labute approximate surface area is 116 Å². The molecule has 1 aromatic carbocycles. The van der Waals surface area contributed by atoms with Gasteiger partial charge in [0.2, 0.25) is 5.91 Å². The number of carbonyl (C=O) groups is 1. The standard InChI is InChI=1S/C16H26N2O/c1-12(10-17)9-15(19)18-11-16(3,4)14-8-6-5-7-13(14)2/h5-8,12H,9-11,17H2,1-4H3,(H,18,19). The lowest BCUT2D eigenvalue weighted by atomic mass is 9.82. The minimum absolute atomic E-state index is 0.0625. The van der Waals surface area contributed by atoms with Crippen molar-refractivity contribution in [1.29, 1.82) is 0 Å². The Morgan fingerprint density at radius 2 is 2.00 bits per heavy atom. The van der Waals surface area contributed by atoms with Crippen LogP contribution >= 0.6 is 0 Å². The van der Waals surface area contributed by atoms with E-state index in [0.717, 1.165) is 0 Å². The summed E-state index contributed by atoms with van der Waals surface area (Å²) < 4.78 is 0. The maximum absolute atomic E-state index is 11.8. The Bertz CT molecular complexity index is 427. The van der Waals surface area contributed by atoms with Crippen LogP contribution in [0.4, 0.5) is 0 Å². The molecule has 1 rings (SSSR count). The van der Waals surface area contributed by atoms with E-state index in [1.54, 1.807) is 0 Å². The number of rotatable bonds is 6. The van der Waals surface area contributed by atoms with Crippen molar-refractivity contribution in [3.8, 4) is 0 Å². The van der Waals surface area contributed by atoms with Gasteiger partial charge in [-0.05, 0) is 30.5 Å². The SMILES string of the molecule is Cc1ccccc1C(C)(C)CNC(=O)CC(C)CN. The van der Waals surface area contributed by atoms with Crippen LogP contribution in [0.25, 0.3) is 0 Å². The molecule has 19 heavy (non-hydrogen) atoms. The van der Waals surface area contributed by atoms with Crippen LogP contribution in [0, 0.1) is 12.8 Å². The van der Waals surface area contributed by atoms with Crippen molar-refractivity contribution in [3.63, 3.8) is 0 Å². The van der Waals surface area contributed by atoms with Crippen molar-refractivity contribution < 1.29 is 4.79 Å². The van der Waals surface area contributed by atoms with Crippen molar-refractivity contribution in [3.05, 3.63) is 35.4 Å². The van der Waals surface area contributed by atoms with Crippen LogP contribution < -0.4 is 11.1 Å². The maximum atomic E-state index is 11.8. The Morgan fingerprint density at radius 3 is 2.58 bits per heavy atom. The number of hydrogen-bond donors (Lipinski definition) is 2. The molecule has 3 heteroatoms. The molecule has 1 amide bonds. The molecule has 0 saturated carbocycles. The van der Waals surface area contributed by atoms with Crippen LogP contribution in [0.1, 0.15) is 38.3 Å². The Balaban J connectivity index is 2.61. The van der Waals surface area contributed by atoms with E-state index < -0.39 is 0 Å². The monoisotopic (exact) mass is 262 g/mol. The molecule has 0 radical (unpaired) electrons. The third-order valence-electron chi connectivity index (χ3n) is 3.54. The zero-order valence-corrected chi connectivity index (χ0v) is 12.5. The van der Waals surface area contributed by atoms with Crippen molar-refractivity contribution in [2.45, 2.75) is 39.5 Å². The molecule has 0 fully saturated rings. The molecule has 1 unspecified atom stereocenters. The average molecular weight is 262 g/mol. The van der Waals surface area contributed by atoms with Crippen LogP contribution in [0.3, 0.4) is 0 Å². The van der Waals surface area contributed by atoms with Gasteiger partial charge in [-0.25, -0.2) is 0 Å². The normalized spacial score (nSPS) is 13.1. The number of hydrogen-bond acceptors (Lipinski definition) is 2. The Morgan fingerprint density at radius 1 is 1.37 bits per heavy atom. The van der Waals surface area contributed by atoms with Gasteiger partial charge in [-0.2, -0.15) is 0 Å². The summed E-state index contributed by atoms with van der Waals surface area (Å²) in [4.78, 5) is 11.8. The first kappa shape index (κ1) is 15.7. The van der Waals surface area contributed by atoms with E-state index in [9.17, 15) is 4.79 Å². The molecule has 0 saturated heterocycles. The molecule has 0 heterocycles. The second-order valence-corrected chi connectivity index (χ2v) is 6.02. The first-order chi connectivity index (χ1) is 8.86. The van der Waals surface area contributed by atoms with Crippen LogP contribution in [0.5, 0.6) is 0 Å². The van der Waals surface area contributed by atoms with Gasteiger partial charge in [-0.15, -0.1) is 0 Å². The minimum Gasteiger partial charge on any atom is -0.355 e. The van der Waals surface area contributed by atoms with Crippen LogP contribution in [0.2, 0.25) is 0 Å². The first-order valence-electron chi connectivity index (χ1n) is 6.89. The Hall–Kier alpha value is -1.35. The summed E-state index contributed by atoms with van der Waals surface area (Å²) in [6.07, 6.45) is 0.500. The van der Waals surface area contributed by atoms with Crippen molar-refractivity contribution in [1.82, 2.24) is 5.32 Å². The molecule has 106 valence electrons. The largest absolute Gasteiger partial charge is 0.355 e. The van der Waals surface area contributed by atoms with Gasteiger partial charge >= 0.3 is 0 Å². The van der Waals surface area contributed by atoms with Crippen LogP contribution in [0.15, 0.2) is 24.3 Å². The summed E-state index contributed by atoms with van der Waals surface area (Å²) in [5.41, 5.74) is 8.01. The fourth-order valence-electron chi connectivity index (χ4n) is 2.22. The second-order valence-electron chi connectivity index (χ2n) is 6.02. The molecular weight excluding hydrogens is 236 g/mol. The van der Waals surface area contributed by atoms with Crippen LogP contribution in [-0.2, 0) is 10.2 Å². The minimum atomic E-state index is -0.0625. The molecule has 0 aliphatic heterocycles. The number of amides is 1. The number of nitrogens with two attached hydrogens (primary N) is 1. The molecule has 1 atom stereocenters. The van der Waals surface area contributed by atoms with Gasteiger partial charge in [0.1, 0.15) is 0 Å². The first-order valence-corrected chi connectivity index (χ1v) is 6.89. The summed E-state index contributed by atoms with van der Waals surface area (Å²) in [5.74, 6) is 0.321. The van der Waals surface area contributed by atoms with E-state index in [1.165, 1.54) is 11.1 Å². The molecule has 3 nitrogen and oxygen atoms in total. The highest BCUT2D eigenvalue weighted by molar-refractivity contribution is 5.76. The van der Waals surface area contributed by atoms with E-state index in [-0.39, 0.29) is 17.2 Å². The quantitative estimate of drug-likeness (QED) is 0.827. The number of carbonyl (C=O) groups excluding carboxylic acids is 1. The third kappa shape index (κ3) is 4.67. The van der Waals surface area contributed by atoms with Gasteiger partial charge < -0.3 is 11.1 Å². The lowest BCUT2D eigenvalue weighted by Gasteiger charge is -2.27. The predicted molar refractivity (Wildman–Crippen MR) is 80.1 cm³/mol. The van der Waals surface area contributed by atoms with Crippen molar-refractivity contribution in [2.24, 2.45) is 11.7 Å². The fourth-order valence-corrected chi connectivity index (χ4v) is 2.22. The van der Waals surface area contributed by atoms with Gasteiger partial charge in [0, 0.05) is 18.4 Å². The number of benzene rings is 1. The lowest BCUT2D eigenvalue weighted by Crippen LogP contribution is -2.38. The molecule has 0 spiro atoms. The van der Waals surface area contributed by atoms with Gasteiger partial charge in [0.15, 0.2) is 0 Å². The molecule has 1 aromatic rings. The zero-order chi connectivity index (χ0) is 14.5. The predicted octanol–water partition coefficient (Wildman–Crippen LogP) is 2.37. The van der Waals surface area contributed by atoms with E-state index in [4.69, 9.17) is 5.73 Å². The van der Waals surface area contributed by atoms with Crippen molar-refractivity contribution >= 4 is 5.91 Å². The molecule has 0 aliphatic carbocycles. The third-order valence-corrected chi connectivity index (χ3v) is 3.54. The zero-order valence-electron chi connectivity index (χ0n) is 12.5. The second kappa shape index (κ2) is 6.71. The summed E-state index contributed by atoms with van der Waals surface area (Å²) in [7, 11) is 0.